The van der Waals surface area contributed by atoms with Crippen molar-refractivity contribution in [1.82, 2.24) is 0 Å². The molecule has 0 aliphatic heterocycles. The van der Waals surface area contributed by atoms with Crippen LogP contribution in [0.2, 0.25) is 10.0 Å². The third kappa shape index (κ3) is 4.36. The average molecular weight is 429 g/mol. The van der Waals surface area contributed by atoms with E-state index in [1.54, 1.807) is 39.8 Å². The molecule has 0 spiro atoms. The van der Waals surface area contributed by atoms with Gasteiger partial charge in [-0.3, -0.25) is 20.2 Å². The summed E-state index contributed by atoms with van der Waals surface area (Å²) in [7, 11) is 0. The van der Waals surface area contributed by atoms with E-state index in [1.165, 1.54) is 36.0 Å². The smallest absolute Gasteiger partial charge is 0.258 e. The predicted octanol–water partition coefficient (Wildman–Crippen LogP) is 6.71. The number of hydrogen-bond acceptors (Lipinski definition) is 5. The highest BCUT2D eigenvalue weighted by atomic mass is 35.5. The number of thioether (sulfide) groups is 1. The number of halogens is 2. The molecule has 0 heterocycles. The maximum Gasteiger partial charge on any atom is 0.275 e. The molecule has 0 amide bonds. The van der Waals surface area contributed by atoms with Gasteiger partial charge in [0.1, 0.15) is 0 Å². The molecule has 27 heavy (non-hydrogen) atoms. The second-order valence-corrected chi connectivity index (χ2v) is 9.96. The average Bonchev–Trinajstić information content (AvgIpc) is 2.52. The third-order valence-electron chi connectivity index (χ3n) is 4.09. The number of nitrogens with zero attached hydrogens (tertiary/aromatic N) is 2. The second kappa shape index (κ2) is 7.66. The molecule has 0 aromatic heterocycles. The van der Waals surface area contributed by atoms with Gasteiger partial charge < -0.3 is 0 Å². The molecule has 2 aromatic rings. The number of rotatable bonds is 6. The number of benzene rings is 2. The first-order chi connectivity index (χ1) is 12.4. The molecule has 0 radical (unpaired) electrons. The first-order valence-corrected chi connectivity index (χ1v) is 9.52. The van der Waals surface area contributed by atoms with Crippen molar-refractivity contribution in [3.05, 3.63) is 77.8 Å². The van der Waals surface area contributed by atoms with Gasteiger partial charge in [0.25, 0.3) is 11.4 Å². The lowest BCUT2D eigenvalue weighted by molar-refractivity contribution is -0.385. The second-order valence-electron chi connectivity index (χ2n) is 6.90. The van der Waals surface area contributed by atoms with Gasteiger partial charge in [0, 0.05) is 21.6 Å². The van der Waals surface area contributed by atoms with Gasteiger partial charge >= 0.3 is 0 Å². The molecule has 0 N–H and O–H groups in total. The van der Waals surface area contributed by atoms with Crippen LogP contribution in [0.1, 0.15) is 38.8 Å². The van der Waals surface area contributed by atoms with Crippen molar-refractivity contribution in [2.45, 2.75) is 37.2 Å². The van der Waals surface area contributed by atoms with E-state index < -0.39 is 19.3 Å². The van der Waals surface area contributed by atoms with Crippen LogP contribution in [-0.2, 0) is 9.49 Å². The fraction of sp³-hybridized carbons (Fsp3) is 0.333. The lowest BCUT2D eigenvalue weighted by Crippen LogP contribution is -2.25. The summed E-state index contributed by atoms with van der Waals surface area (Å²) in [5, 5.41) is 23.5. The van der Waals surface area contributed by atoms with Gasteiger partial charge in [-0.05, 0) is 39.8 Å². The minimum atomic E-state index is -0.822. The normalized spacial score (nSPS) is 12.1. The summed E-state index contributed by atoms with van der Waals surface area (Å²) in [6.45, 7) is 7.21. The SMILES string of the molecule is CC(C)(SC(C)(C)c1c(Cl)cccc1[N+](=O)[O-])c1c(Cl)cccc1[N+](=O)[O-]. The molecule has 0 saturated carbocycles. The third-order valence-corrected chi connectivity index (χ3v) is 6.15. The lowest BCUT2D eigenvalue weighted by atomic mass is 9.99. The van der Waals surface area contributed by atoms with E-state index in [1.807, 2.05) is 0 Å². The Morgan fingerprint density at radius 2 is 1.11 bits per heavy atom. The van der Waals surface area contributed by atoms with E-state index in [0.29, 0.717) is 11.1 Å². The summed E-state index contributed by atoms with van der Waals surface area (Å²) in [6.07, 6.45) is 0. The molecule has 144 valence electrons. The standard InChI is InChI=1S/C18H18Cl2N2O4S/c1-17(2,15-11(19)7-5-9-13(15)21(23)24)27-18(3,4)16-12(20)8-6-10-14(16)22(25)26/h5-10H,1-4H3. The zero-order valence-corrected chi connectivity index (χ0v) is 17.5. The molecule has 2 aromatic carbocycles. The molecule has 2 rings (SSSR count). The zero-order valence-electron chi connectivity index (χ0n) is 15.2. The van der Waals surface area contributed by atoms with E-state index in [9.17, 15) is 20.2 Å². The van der Waals surface area contributed by atoms with Crippen LogP contribution in [0.25, 0.3) is 0 Å². The van der Waals surface area contributed by atoms with Crippen LogP contribution in [0.5, 0.6) is 0 Å². The quantitative estimate of drug-likeness (QED) is 0.376. The number of nitro groups is 2. The van der Waals surface area contributed by atoms with Crippen molar-refractivity contribution >= 4 is 46.3 Å². The van der Waals surface area contributed by atoms with Crippen LogP contribution in [-0.4, -0.2) is 9.85 Å². The van der Waals surface area contributed by atoms with E-state index in [2.05, 4.69) is 0 Å². The molecule has 0 aliphatic carbocycles. The van der Waals surface area contributed by atoms with E-state index in [0.717, 1.165) is 0 Å². The van der Waals surface area contributed by atoms with Crippen molar-refractivity contribution in [2.24, 2.45) is 0 Å². The van der Waals surface area contributed by atoms with Crippen LogP contribution in [0.4, 0.5) is 11.4 Å². The molecule has 0 fully saturated rings. The van der Waals surface area contributed by atoms with Gasteiger partial charge in [0.15, 0.2) is 0 Å². The van der Waals surface area contributed by atoms with Crippen LogP contribution < -0.4 is 0 Å². The van der Waals surface area contributed by atoms with Crippen molar-refractivity contribution < 1.29 is 9.85 Å². The minimum Gasteiger partial charge on any atom is -0.258 e. The molecule has 0 aliphatic rings. The molecular weight excluding hydrogens is 411 g/mol. The molecule has 0 unspecified atom stereocenters. The topological polar surface area (TPSA) is 86.3 Å². The maximum atomic E-state index is 11.5. The summed E-state index contributed by atoms with van der Waals surface area (Å²) in [5.74, 6) is 0. The molecule has 0 bridgehead atoms. The highest BCUT2D eigenvalue weighted by molar-refractivity contribution is 8.01. The molecule has 0 atom stereocenters. The highest BCUT2D eigenvalue weighted by Gasteiger charge is 2.41. The lowest BCUT2D eigenvalue weighted by Gasteiger charge is -2.35. The van der Waals surface area contributed by atoms with Crippen molar-refractivity contribution in [2.75, 3.05) is 0 Å². The Hall–Kier alpha value is -1.83. The Morgan fingerprint density at radius 1 is 0.778 bits per heavy atom. The predicted molar refractivity (Wildman–Crippen MR) is 110 cm³/mol. The summed E-state index contributed by atoms with van der Waals surface area (Å²) in [6, 6.07) is 9.03. The van der Waals surface area contributed by atoms with Gasteiger partial charge in [0.2, 0.25) is 0 Å². The Bertz CT molecular complexity index is 843. The molecule has 0 saturated heterocycles. The van der Waals surface area contributed by atoms with Crippen LogP contribution in [0.15, 0.2) is 36.4 Å². The Balaban J connectivity index is 2.60. The van der Waals surface area contributed by atoms with Crippen LogP contribution >= 0.6 is 35.0 Å². The van der Waals surface area contributed by atoms with Crippen molar-refractivity contribution in [3.63, 3.8) is 0 Å². The summed E-state index contributed by atoms with van der Waals surface area (Å²) in [4.78, 5) is 22.0. The first kappa shape index (κ1) is 21.5. The van der Waals surface area contributed by atoms with E-state index in [4.69, 9.17) is 23.2 Å². The van der Waals surface area contributed by atoms with E-state index >= 15 is 0 Å². The summed E-state index contributed by atoms with van der Waals surface area (Å²) in [5.41, 5.74) is 0.544. The minimum absolute atomic E-state index is 0.0931. The first-order valence-electron chi connectivity index (χ1n) is 7.95. The largest absolute Gasteiger partial charge is 0.275 e. The fourth-order valence-electron chi connectivity index (χ4n) is 3.26. The maximum absolute atomic E-state index is 11.5. The van der Waals surface area contributed by atoms with Gasteiger partial charge in [-0.15, -0.1) is 11.8 Å². The molecule has 6 nitrogen and oxygen atoms in total. The zero-order chi connectivity index (χ0) is 20.6. The molecule has 9 heteroatoms. The fourth-order valence-corrected chi connectivity index (χ4v) is 6.09. The Kier molecular flexibility index (Phi) is 6.09. The van der Waals surface area contributed by atoms with Crippen LogP contribution in [0, 0.1) is 20.2 Å². The summed E-state index contributed by atoms with van der Waals surface area (Å²) < 4.78 is -1.64. The Labute approximate surface area is 171 Å². The molecular formula is C18H18Cl2N2O4S. The van der Waals surface area contributed by atoms with Crippen molar-refractivity contribution in [3.8, 4) is 0 Å². The van der Waals surface area contributed by atoms with Gasteiger partial charge in [-0.2, -0.15) is 0 Å². The van der Waals surface area contributed by atoms with E-state index in [-0.39, 0.29) is 21.4 Å². The highest BCUT2D eigenvalue weighted by Crippen LogP contribution is 2.54. The van der Waals surface area contributed by atoms with Crippen molar-refractivity contribution in [1.29, 1.82) is 0 Å². The van der Waals surface area contributed by atoms with Gasteiger partial charge in [-0.25, -0.2) is 0 Å². The van der Waals surface area contributed by atoms with Gasteiger partial charge in [0.05, 0.1) is 31.0 Å². The number of hydrogen-bond donors (Lipinski definition) is 0. The summed E-state index contributed by atoms with van der Waals surface area (Å²) >= 11 is 13.9. The monoisotopic (exact) mass is 428 g/mol. The Morgan fingerprint density at radius 3 is 1.41 bits per heavy atom. The van der Waals surface area contributed by atoms with Crippen LogP contribution in [0.3, 0.4) is 0 Å². The number of nitro benzene ring substituents is 2. The van der Waals surface area contributed by atoms with Gasteiger partial charge in [-0.1, -0.05) is 35.3 Å².